The highest BCUT2D eigenvalue weighted by Gasteiger charge is 2.49. The van der Waals surface area contributed by atoms with E-state index >= 15 is 8.78 Å². The monoisotopic (exact) mass is 711 g/mol. The lowest BCUT2D eigenvalue weighted by atomic mass is 9.95. The second-order valence-electron chi connectivity index (χ2n) is 12.4. The maximum absolute atomic E-state index is 16.8. The third-order valence-electron chi connectivity index (χ3n) is 9.68. The summed E-state index contributed by atoms with van der Waals surface area (Å²) in [7, 11) is 1.30. The van der Waals surface area contributed by atoms with Crippen molar-refractivity contribution in [3.63, 3.8) is 0 Å². The molecule has 4 N–H and O–H groups in total. The van der Waals surface area contributed by atoms with E-state index < -0.39 is 34.7 Å². The third-order valence-corrected chi connectivity index (χ3v) is 10.6. The van der Waals surface area contributed by atoms with Crippen molar-refractivity contribution in [3.05, 3.63) is 29.6 Å². The average Bonchev–Trinajstić information content (AvgIpc) is 3.79. The van der Waals surface area contributed by atoms with Gasteiger partial charge in [0.15, 0.2) is 22.5 Å². The van der Waals surface area contributed by atoms with Gasteiger partial charge in [0.1, 0.15) is 29.9 Å². The molecule has 11 nitrogen and oxygen atoms in total. The topological polar surface area (TPSA) is 139 Å². The highest BCUT2D eigenvalue weighted by molar-refractivity contribution is 7.22. The van der Waals surface area contributed by atoms with Crippen LogP contribution in [0.1, 0.15) is 32.1 Å². The Morgan fingerprint density at radius 1 is 1.12 bits per heavy atom. The summed E-state index contributed by atoms with van der Waals surface area (Å²) in [5, 5.41) is 10.6. The quantitative estimate of drug-likeness (QED) is 0.185. The lowest BCUT2D eigenvalue weighted by molar-refractivity contribution is -0.122. The molecule has 4 aliphatic heterocycles. The van der Waals surface area contributed by atoms with E-state index in [4.69, 9.17) is 30.1 Å². The Balaban J connectivity index is 0.000000969. The minimum Gasteiger partial charge on any atom is -0.493 e. The lowest BCUT2D eigenvalue weighted by Gasteiger charge is -2.35. The fraction of sp³-hybridized carbons (Fsp3) is 0.484. The number of hydrogen-bond donors (Lipinski definition) is 3. The molecule has 17 heteroatoms. The zero-order chi connectivity index (χ0) is 33.0. The highest BCUT2D eigenvalue weighted by atomic mass is 35.5. The highest BCUT2D eigenvalue weighted by Crippen LogP contribution is 2.46. The number of benzene rings is 2. The molecule has 2 aromatic heterocycles. The fourth-order valence-corrected chi connectivity index (χ4v) is 8.53. The molecule has 258 valence electrons. The number of methoxy groups -OCH3 is 1. The van der Waals surface area contributed by atoms with E-state index in [0.717, 1.165) is 49.6 Å². The van der Waals surface area contributed by atoms with Crippen LogP contribution in [0, 0.1) is 17.5 Å². The summed E-state index contributed by atoms with van der Waals surface area (Å²) in [6.07, 6.45) is 3.09. The van der Waals surface area contributed by atoms with Crippen LogP contribution >= 0.6 is 23.7 Å². The lowest BCUT2D eigenvalue weighted by Crippen LogP contribution is -2.51. The third kappa shape index (κ3) is 5.71. The molecule has 2 bridgehead atoms. The van der Waals surface area contributed by atoms with E-state index in [2.05, 4.69) is 20.2 Å². The van der Waals surface area contributed by atoms with E-state index in [1.807, 2.05) is 4.90 Å². The summed E-state index contributed by atoms with van der Waals surface area (Å²) < 4.78 is 74.2. The Morgan fingerprint density at radius 2 is 1.85 bits per heavy atom. The zero-order valence-corrected chi connectivity index (χ0v) is 27.5. The van der Waals surface area contributed by atoms with Crippen LogP contribution in [0.5, 0.6) is 11.8 Å². The summed E-state index contributed by atoms with van der Waals surface area (Å²) in [4.78, 5) is 25.9. The second kappa shape index (κ2) is 13.3. The van der Waals surface area contributed by atoms with Gasteiger partial charge in [-0.2, -0.15) is 9.97 Å². The summed E-state index contributed by atoms with van der Waals surface area (Å²) in [6, 6.07) is 2.74. The molecule has 0 radical (unpaired) electrons. The number of nitrogens with zero attached hydrogens (tertiary/aromatic N) is 5. The minimum absolute atomic E-state index is 0. The van der Waals surface area contributed by atoms with Crippen molar-refractivity contribution in [2.75, 3.05) is 50.5 Å². The number of thiazole rings is 1. The number of hydrogen-bond acceptors (Lipinski definition) is 11. The van der Waals surface area contributed by atoms with Crippen molar-refractivity contribution in [3.8, 4) is 22.9 Å². The van der Waals surface area contributed by atoms with Gasteiger partial charge in [-0.1, -0.05) is 11.3 Å². The first-order chi connectivity index (χ1) is 22.7. The number of piperazine rings is 1. The molecule has 0 spiro atoms. The van der Waals surface area contributed by atoms with Gasteiger partial charge in [-0.05, 0) is 44.4 Å². The van der Waals surface area contributed by atoms with Gasteiger partial charge in [0.05, 0.1) is 33.8 Å². The van der Waals surface area contributed by atoms with E-state index in [-0.39, 0.29) is 81.1 Å². The van der Waals surface area contributed by atoms with Crippen molar-refractivity contribution in [2.45, 2.75) is 55.9 Å². The van der Waals surface area contributed by atoms with Crippen molar-refractivity contribution < 1.29 is 36.9 Å². The number of fused-ring (bicyclic) bond motifs is 5. The Morgan fingerprint density at radius 3 is 2.56 bits per heavy atom. The SMILES string of the molecule is COc1c(F)c(-c2ccc(F)c3sc(N)nc23)c(F)c2nc(OC[C@@]34CCCN3C[C@H](F)C4)nc(N3CC4CCC(C3)N4)c12.Cl.O=CO. The standard InChI is InChI=1S/C30H31F4N7O2S.CH2O2.ClH/c1-42-25-20-24(21(33)19(22(25)34)17-5-6-18(32)26-23(17)37-28(35)44-26)38-29(39-27(20)40-11-15-3-4-16(12-40)36-15)43-13-30-7-2-8-41(30)10-14(31)9-30;2-1-3;/h5-6,14-16,36H,2-4,7-13H2,1H3,(H2,35,37);1H,(H,2,3);1H/t14-,15?,16?,30+;;/m1../s1. The van der Waals surface area contributed by atoms with Crippen LogP contribution in [0.15, 0.2) is 12.1 Å². The number of nitrogens with one attached hydrogen (secondary N) is 1. The molecule has 4 aliphatic rings. The normalized spacial score (nSPS) is 24.7. The number of halogens is 5. The fourth-order valence-electron chi connectivity index (χ4n) is 7.77. The van der Waals surface area contributed by atoms with Crippen LogP contribution in [0.25, 0.3) is 32.2 Å². The molecular weight excluding hydrogens is 678 g/mol. The number of aromatic nitrogens is 3. The minimum atomic E-state index is -0.978. The Hall–Kier alpha value is -3.73. The Bertz CT molecular complexity index is 1860. The number of rotatable bonds is 6. The van der Waals surface area contributed by atoms with Gasteiger partial charge in [0, 0.05) is 43.7 Å². The number of anilines is 2. The van der Waals surface area contributed by atoms with Gasteiger partial charge in [-0.15, -0.1) is 12.4 Å². The van der Waals surface area contributed by atoms with Crippen LogP contribution in [0.2, 0.25) is 0 Å². The number of nitrogens with two attached hydrogens (primary N) is 1. The first kappa shape index (κ1) is 34.1. The van der Waals surface area contributed by atoms with Crippen LogP contribution in [0.4, 0.5) is 28.5 Å². The van der Waals surface area contributed by atoms with Crippen LogP contribution < -0.4 is 25.4 Å². The van der Waals surface area contributed by atoms with Gasteiger partial charge >= 0.3 is 6.01 Å². The molecule has 0 amide bonds. The van der Waals surface area contributed by atoms with E-state index in [0.29, 0.717) is 31.9 Å². The predicted octanol–water partition coefficient (Wildman–Crippen LogP) is 4.93. The largest absolute Gasteiger partial charge is 0.493 e. The van der Waals surface area contributed by atoms with Crippen molar-refractivity contribution in [1.29, 1.82) is 0 Å². The van der Waals surface area contributed by atoms with E-state index in [1.165, 1.54) is 13.2 Å². The molecule has 4 atom stereocenters. The van der Waals surface area contributed by atoms with Crippen LogP contribution in [-0.2, 0) is 4.79 Å². The van der Waals surface area contributed by atoms with E-state index in [1.54, 1.807) is 0 Å². The van der Waals surface area contributed by atoms with E-state index in [9.17, 15) is 8.78 Å². The molecule has 0 saturated carbocycles. The van der Waals surface area contributed by atoms with Crippen molar-refractivity contribution in [2.24, 2.45) is 0 Å². The summed E-state index contributed by atoms with van der Waals surface area (Å²) in [5.74, 6) is -2.48. The maximum atomic E-state index is 16.8. The molecule has 4 saturated heterocycles. The van der Waals surface area contributed by atoms with Gasteiger partial charge < -0.3 is 30.5 Å². The number of carboxylic acid groups (broad SMARTS) is 1. The van der Waals surface area contributed by atoms with Gasteiger partial charge in [-0.25, -0.2) is 22.5 Å². The van der Waals surface area contributed by atoms with Gasteiger partial charge in [0.2, 0.25) is 0 Å². The zero-order valence-electron chi connectivity index (χ0n) is 25.8. The molecule has 6 heterocycles. The first-order valence-corrected chi connectivity index (χ1v) is 16.2. The summed E-state index contributed by atoms with van der Waals surface area (Å²) in [6.45, 7) is 2.20. The van der Waals surface area contributed by atoms with Gasteiger partial charge in [0.25, 0.3) is 6.47 Å². The molecule has 2 aromatic carbocycles. The molecule has 8 rings (SSSR count). The molecular formula is C31H34ClF4N7O4S. The van der Waals surface area contributed by atoms with Crippen molar-refractivity contribution >= 4 is 62.3 Å². The van der Waals surface area contributed by atoms with Crippen LogP contribution in [-0.4, -0.2) is 95.1 Å². The van der Waals surface area contributed by atoms with Gasteiger partial charge in [-0.3, -0.25) is 9.69 Å². The average molecular weight is 712 g/mol. The second-order valence-corrected chi connectivity index (χ2v) is 13.5. The molecule has 48 heavy (non-hydrogen) atoms. The molecule has 4 aromatic rings. The predicted molar refractivity (Wildman–Crippen MR) is 176 cm³/mol. The molecule has 0 aliphatic carbocycles. The molecule has 4 fully saturated rings. The van der Waals surface area contributed by atoms with Crippen LogP contribution in [0.3, 0.4) is 0 Å². The Kier molecular flexibility index (Phi) is 9.45. The first-order valence-electron chi connectivity index (χ1n) is 15.4. The summed E-state index contributed by atoms with van der Waals surface area (Å²) in [5.41, 5.74) is 4.80. The molecule has 2 unspecified atom stereocenters. The number of ether oxygens (including phenoxy) is 2. The number of alkyl halides is 1. The van der Waals surface area contributed by atoms with Crippen molar-refractivity contribution in [1.82, 2.24) is 25.2 Å². The summed E-state index contributed by atoms with van der Waals surface area (Å²) >= 11 is 0.895. The number of nitrogen functional groups attached to an aromatic ring is 1. The smallest absolute Gasteiger partial charge is 0.319 e. The maximum Gasteiger partial charge on any atom is 0.319 e. The number of carbonyl (C=O) groups is 1. The Labute approximate surface area is 282 Å².